The van der Waals surface area contributed by atoms with Gasteiger partial charge in [-0.3, -0.25) is 10.1 Å². The monoisotopic (exact) mass is 326 g/mol. The standard InChI is InChI=1S/C17H18N4OS/c1-5-15-20-21-17(23-15)19-16(22)13(9-18)8-14-11(3)6-10(2)7-12(14)4/h6-8H,5H2,1-4H3,(H,19,21,22)/b13-8+. The Morgan fingerprint density at radius 3 is 2.48 bits per heavy atom. The molecule has 1 N–H and O–H groups in total. The number of rotatable bonds is 4. The van der Waals surface area contributed by atoms with E-state index in [0.29, 0.717) is 5.13 Å². The molecule has 5 nitrogen and oxygen atoms in total. The number of amides is 1. The summed E-state index contributed by atoms with van der Waals surface area (Å²) in [7, 11) is 0. The second-order valence-corrected chi connectivity index (χ2v) is 6.35. The molecular formula is C17H18N4OS. The molecule has 0 unspecified atom stereocenters. The van der Waals surface area contributed by atoms with Crippen molar-refractivity contribution in [1.82, 2.24) is 10.2 Å². The normalized spacial score (nSPS) is 11.2. The van der Waals surface area contributed by atoms with E-state index < -0.39 is 5.91 Å². The maximum absolute atomic E-state index is 12.3. The average Bonchev–Trinajstić information content (AvgIpc) is 2.94. The van der Waals surface area contributed by atoms with Crippen molar-refractivity contribution in [3.8, 4) is 6.07 Å². The first kappa shape index (κ1) is 16.8. The molecule has 23 heavy (non-hydrogen) atoms. The van der Waals surface area contributed by atoms with Gasteiger partial charge in [0.25, 0.3) is 5.91 Å². The van der Waals surface area contributed by atoms with Crippen LogP contribution in [0.1, 0.15) is 34.2 Å². The van der Waals surface area contributed by atoms with Gasteiger partial charge in [0.2, 0.25) is 5.13 Å². The molecule has 0 radical (unpaired) electrons. The number of hydrogen-bond acceptors (Lipinski definition) is 5. The van der Waals surface area contributed by atoms with Gasteiger partial charge in [0.1, 0.15) is 16.6 Å². The molecule has 0 saturated heterocycles. The zero-order chi connectivity index (χ0) is 17.0. The number of nitrogens with one attached hydrogen (secondary N) is 1. The zero-order valence-electron chi connectivity index (χ0n) is 13.6. The van der Waals surface area contributed by atoms with Gasteiger partial charge in [0.15, 0.2) is 0 Å². The van der Waals surface area contributed by atoms with Gasteiger partial charge in [0.05, 0.1) is 0 Å². The van der Waals surface area contributed by atoms with Crippen LogP contribution in [0.15, 0.2) is 17.7 Å². The molecular weight excluding hydrogens is 308 g/mol. The molecule has 0 bridgehead atoms. The molecule has 1 amide bonds. The highest BCUT2D eigenvalue weighted by atomic mass is 32.1. The molecule has 1 aromatic heterocycles. The molecule has 0 spiro atoms. The second kappa shape index (κ2) is 7.16. The summed E-state index contributed by atoms with van der Waals surface area (Å²) < 4.78 is 0. The molecule has 0 aliphatic carbocycles. The van der Waals surface area contributed by atoms with Gasteiger partial charge in [-0.1, -0.05) is 36.0 Å². The third kappa shape index (κ3) is 4.02. The Bertz CT molecular complexity index is 791. The van der Waals surface area contributed by atoms with Gasteiger partial charge in [-0.15, -0.1) is 10.2 Å². The lowest BCUT2D eigenvalue weighted by atomic mass is 9.98. The topological polar surface area (TPSA) is 78.7 Å². The van der Waals surface area contributed by atoms with E-state index in [4.69, 9.17) is 0 Å². The highest BCUT2D eigenvalue weighted by molar-refractivity contribution is 7.15. The van der Waals surface area contributed by atoms with Crippen molar-refractivity contribution in [3.05, 3.63) is 45.0 Å². The number of carbonyl (C=O) groups excluding carboxylic acids is 1. The summed E-state index contributed by atoms with van der Waals surface area (Å²) >= 11 is 1.31. The van der Waals surface area contributed by atoms with E-state index in [2.05, 4.69) is 15.5 Å². The van der Waals surface area contributed by atoms with Crippen LogP contribution in [-0.2, 0) is 11.2 Å². The van der Waals surface area contributed by atoms with Gasteiger partial charge in [-0.05, 0) is 50.0 Å². The van der Waals surface area contributed by atoms with Crippen LogP contribution >= 0.6 is 11.3 Å². The van der Waals surface area contributed by atoms with E-state index in [9.17, 15) is 10.1 Å². The lowest BCUT2D eigenvalue weighted by molar-refractivity contribution is -0.112. The fourth-order valence-electron chi connectivity index (χ4n) is 2.32. The number of aromatic nitrogens is 2. The summed E-state index contributed by atoms with van der Waals surface area (Å²) in [4.78, 5) is 12.3. The van der Waals surface area contributed by atoms with Crippen molar-refractivity contribution in [3.63, 3.8) is 0 Å². The maximum Gasteiger partial charge on any atom is 0.268 e. The Hall–Kier alpha value is -2.52. The third-order valence-electron chi connectivity index (χ3n) is 3.38. The van der Waals surface area contributed by atoms with Crippen molar-refractivity contribution in [2.75, 3.05) is 5.32 Å². The molecule has 0 saturated carbocycles. The summed E-state index contributed by atoms with van der Waals surface area (Å²) in [6.45, 7) is 7.93. The Balaban J connectivity index is 2.28. The Labute approximate surface area is 139 Å². The zero-order valence-corrected chi connectivity index (χ0v) is 14.4. The fourth-order valence-corrected chi connectivity index (χ4v) is 3.00. The first-order chi connectivity index (χ1) is 10.9. The van der Waals surface area contributed by atoms with Gasteiger partial charge in [-0.2, -0.15) is 5.26 Å². The minimum absolute atomic E-state index is 0.0494. The van der Waals surface area contributed by atoms with E-state index in [1.165, 1.54) is 11.3 Å². The van der Waals surface area contributed by atoms with Crippen LogP contribution in [0.2, 0.25) is 0 Å². The van der Waals surface area contributed by atoms with Crippen molar-refractivity contribution >= 4 is 28.5 Å². The Morgan fingerprint density at radius 1 is 1.30 bits per heavy atom. The Morgan fingerprint density at radius 2 is 1.96 bits per heavy atom. The number of benzene rings is 1. The minimum Gasteiger partial charge on any atom is -0.296 e. The molecule has 0 atom stereocenters. The lowest BCUT2D eigenvalue weighted by Crippen LogP contribution is -2.13. The number of carbonyl (C=O) groups is 1. The highest BCUT2D eigenvalue weighted by Crippen LogP contribution is 2.21. The van der Waals surface area contributed by atoms with E-state index in [1.807, 2.05) is 45.9 Å². The average molecular weight is 326 g/mol. The Kier molecular flexibility index (Phi) is 5.24. The fraction of sp³-hybridized carbons (Fsp3) is 0.294. The summed E-state index contributed by atoms with van der Waals surface area (Å²) in [5, 5.41) is 21.0. The van der Waals surface area contributed by atoms with Crippen LogP contribution < -0.4 is 5.32 Å². The smallest absolute Gasteiger partial charge is 0.268 e. The number of hydrogen-bond donors (Lipinski definition) is 1. The molecule has 1 aromatic carbocycles. The van der Waals surface area contributed by atoms with Crippen LogP contribution in [0.3, 0.4) is 0 Å². The second-order valence-electron chi connectivity index (χ2n) is 5.29. The quantitative estimate of drug-likeness (QED) is 0.688. The minimum atomic E-state index is -0.467. The number of aryl methyl sites for hydroxylation is 4. The summed E-state index contributed by atoms with van der Waals surface area (Å²) in [5.74, 6) is -0.467. The van der Waals surface area contributed by atoms with Crippen LogP contribution in [0.4, 0.5) is 5.13 Å². The highest BCUT2D eigenvalue weighted by Gasteiger charge is 2.13. The lowest BCUT2D eigenvalue weighted by Gasteiger charge is -2.08. The maximum atomic E-state index is 12.3. The number of nitriles is 1. The largest absolute Gasteiger partial charge is 0.296 e. The van der Waals surface area contributed by atoms with E-state index in [1.54, 1.807) is 6.08 Å². The summed E-state index contributed by atoms with van der Waals surface area (Å²) in [5.41, 5.74) is 4.17. The molecule has 118 valence electrons. The van der Waals surface area contributed by atoms with Crippen LogP contribution in [0, 0.1) is 32.1 Å². The molecule has 6 heteroatoms. The first-order valence-electron chi connectivity index (χ1n) is 7.28. The van der Waals surface area contributed by atoms with Crippen LogP contribution in [0.25, 0.3) is 6.08 Å². The molecule has 2 rings (SSSR count). The van der Waals surface area contributed by atoms with Crippen LogP contribution in [0.5, 0.6) is 0 Å². The predicted octanol–water partition coefficient (Wildman–Crippen LogP) is 3.57. The third-order valence-corrected chi connectivity index (χ3v) is 4.36. The van der Waals surface area contributed by atoms with E-state index in [0.717, 1.165) is 33.7 Å². The predicted molar refractivity (Wildman–Crippen MR) is 92.2 cm³/mol. The molecule has 0 fully saturated rings. The summed E-state index contributed by atoms with van der Waals surface area (Å²) in [6.07, 6.45) is 2.39. The van der Waals surface area contributed by atoms with E-state index in [-0.39, 0.29) is 5.57 Å². The molecule has 2 aromatic rings. The van der Waals surface area contributed by atoms with Gasteiger partial charge in [0, 0.05) is 0 Å². The number of nitrogens with zero attached hydrogens (tertiary/aromatic N) is 3. The van der Waals surface area contributed by atoms with Crippen molar-refractivity contribution in [1.29, 1.82) is 5.26 Å². The SMILES string of the molecule is CCc1nnc(NC(=O)/C(C#N)=C/c2c(C)cc(C)cc2C)s1. The molecule has 0 aliphatic rings. The molecule has 1 heterocycles. The van der Waals surface area contributed by atoms with Crippen molar-refractivity contribution in [2.24, 2.45) is 0 Å². The van der Waals surface area contributed by atoms with Crippen molar-refractivity contribution < 1.29 is 4.79 Å². The van der Waals surface area contributed by atoms with Gasteiger partial charge in [-0.25, -0.2) is 0 Å². The number of anilines is 1. The first-order valence-corrected chi connectivity index (χ1v) is 8.09. The van der Waals surface area contributed by atoms with Crippen LogP contribution in [-0.4, -0.2) is 16.1 Å². The molecule has 0 aliphatic heterocycles. The van der Waals surface area contributed by atoms with Crippen molar-refractivity contribution in [2.45, 2.75) is 34.1 Å². The van der Waals surface area contributed by atoms with Gasteiger partial charge < -0.3 is 0 Å². The van der Waals surface area contributed by atoms with E-state index >= 15 is 0 Å². The summed E-state index contributed by atoms with van der Waals surface area (Å²) in [6, 6.07) is 6.03. The van der Waals surface area contributed by atoms with Gasteiger partial charge >= 0.3 is 0 Å².